The fraction of sp³-hybridized carbons (Fsp3) is 0.227. The summed E-state index contributed by atoms with van der Waals surface area (Å²) in [6, 6.07) is 5.55. The van der Waals surface area contributed by atoms with E-state index in [2.05, 4.69) is 25.5 Å². The Bertz CT molecular complexity index is 1550. The Morgan fingerprint density at radius 2 is 1.94 bits per heavy atom. The number of sulfone groups is 1. The minimum atomic E-state index is -3.57. The Morgan fingerprint density at radius 1 is 1.19 bits per heavy atom. The zero-order valence-electron chi connectivity index (χ0n) is 18.8. The molecule has 0 saturated heterocycles. The number of hydrogen-bond donors (Lipinski definition) is 4. The monoisotopic (exact) mass is 539 g/mol. The largest absolute Gasteiger partial charge is 0.421 e. The number of aromatic amines is 1. The number of aliphatic hydroxyl groups excluding tert-OH is 2. The van der Waals surface area contributed by atoms with E-state index in [0.717, 1.165) is 18.4 Å². The Morgan fingerprint density at radius 3 is 2.58 bits per heavy atom. The van der Waals surface area contributed by atoms with Crippen LogP contribution < -0.4 is 10.1 Å². The number of H-pyrrole nitrogens is 1. The Hall–Kier alpha value is -3.39. The van der Waals surface area contributed by atoms with Gasteiger partial charge in [-0.2, -0.15) is 15.1 Å². The molecule has 0 spiro atoms. The van der Waals surface area contributed by atoms with E-state index in [-0.39, 0.29) is 49.8 Å². The van der Waals surface area contributed by atoms with Crippen molar-refractivity contribution in [2.24, 2.45) is 0 Å². The quantitative estimate of drug-likeness (QED) is 0.264. The minimum Gasteiger partial charge on any atom is -0.421 e. The predicted molar refractivity (Wildman–Crippen MR) is 128 cm³/mol. The highest BCUT2D eigenvalue weighted by atomic mass is 35.5. The third-order valence-corrected chi connectivity index (χ3v) is 6.66. The summed E-state index contributed by atoms with van der Waals surface area (Å²) in [6.45, 7) is 0.962. The van der Waals surface area contributed by atoms with Crippen LogP contribution in [0.3, 0.4) is 0 Å². The zero-order valence-corrected chi connectivity index (χ0v) is 20.4. The molecule has 0 radical (unpaired) electrons. The third-order valence-electron chi connectivity index (χ3n) is 5.22. The fourth-order valence-electron chi connectivity index (χ4n) is 3.33. The molecule has 0 aliphatic rings. The molecular weight excluding hydrogens is 520 g/mol. The van der Waals surface area contributed by atoms with Crippen molar-refractivity contribution in [2.45, 2.75) is 24.0 Å². The van der Waals surface area contributed by atoms with Crippen LogP contribution in [0.4, 0.5) is 14.6 Å². The van der Waals surface area contributed by atoms with Gasteiger partial charge in [0.05, 0.1) is 39.8 Å². The molecule has 0 bridgehead atoms. The van der Waals surface area contributed by atoms with E-state index in [1.54, 1.807) is 0 Å². The molecule has 0 aliphatic carbocycles. The zero-order chi connectivity index (χ0) is 26.2. The number of nitrogens with one attached hydrogen (secondary N) is 2. The van der Waals surface area contributed by atoms with Crippen LogP contribution in [0.2, 0.25) is 5.02 Å². The van der Waals surface area contributed by atoms with E-state index in [4.69, 9.17) is 16.3 Å². The molecule has 2 aromatic carbocycles. The number of aromatic nitrogens is 4. The maximum atomic E-state index is 14.1. The third kappa shape index (κ3) is 5.23. The molecule has 0 saturated carbocycles. The second-order valence-electron chi connectivity index (χ2n) is 7.92. The lowest BCUT2D eigenvalue weighted by atomic mass is 10.1. The van der Waals surface area contributed by atoms with E-state index in [9.17, 15) is 27.4 Å². The van der Waals surface area contributed by atoms with Gasteiger partial charge in [0.2, 0.25) is 0 Å². The van der Waals surface area contributed by atoms with Gasteiger partial charge in [-0.15, -0.1) is 0 Å². The molecule has 0 unspecified atom stereocenters. The summed E-state index contributed by atoms with van der Waals surface area (Å²) >= 11 is 6.36. The molecule has 2 heterocycles. The van der Waals surface area contributed by atoms with Crippen molar-refractivity contribution in [3.63, 3.8) is 0 Å². The van der Waals surface area contributed by atoms with E-state index in [1.807, 2.05) is 0 Å². The second-order valence-corrected chi connectivity index (χ2v) is 10.3. The molecular formula is C22H20ClF2N5O5S. The van der Waals surface area contributed by atoms with Crippen LogP contribution in [0.1, 0.15) is 6.92 Å². The number of hydrogen-bond acceptors (Lipinski definition) is 9. The average Bonchev–Trinajstić information content (AvgIpc) is 3.22. The number of rotatable bonds is 8. The lowest BCUT2D eigenvalue weighted by molar-refractivity contribution is 0.132. The highest BCUT2D eigenvalue weighted by molar-refractivity contribution is 7.90. The van der Waals surface area contributed by atoms with E-state index < -0.39 is 40.2 Å². The van der Waals surface area contributed by atoms with Gasteiger partial charge in [-0.1, -0.05) is 11.6 Å². The maximum absolute atomic E-state index is 14.1. The molecule has 4 aromatic rings. The van der Waals surface area contributed by atoms with Crippen LogP contribution in [0.5, 0.6) is 11.8 Å². The Balaban J connectivity index is 1.90. The molecule has 2 aromatic heterocycles. The summed E-state index contributed by atoms with van der Waals surface area (Å²) < 4.78 is 57.0. The highest BCUT2D eigenvalue weighted by Crippen LogP contribution is 2.37. The molecule has 4 rings (SSSR count). The number of fused-ring (bicyclic) bond motifs is 1. The normalized spacial score (nSPS) is 13.5. The van der Waals surface area contributed by atoms with Gasteiger partial charge in [0.15, 0.2) is 27.1 Å². The number of anilines is 1. The van der Waals surface area contributed by atoms with Crippen molar-refractivity contribution in [2.75, 3.05) is 18.2 Å². The maximum Gasteiger partial charge on any atom is 0.326 e. The first-order chi connectivity index (χ1) is 17.0. The van der Waals surface area contributed by atoms with Gasteiger partial charge < -0.3 is 20.3 Å². The van der Waals surface area contributed by atoms with Crippen LogP contribution in [-0.2, 0) is 9.84 Å². The van der Waals surface area contributed by atoms with E-state index in [0.29, 0.717) is 6.07 Å². The van der Waals surface area contributed by atoms with Gasteiger partial charge in [-0.25, -0.2) is 17.2 Å². The Labute approximate surface area is 208 Å². The van der Waals surface area contributed by atoms with Crippen molar-refractivity contribution in [3.8, 4) is 23.0 Å². The first-order valence-electron chi connectivity index (χ1n) is 10.4. The van der Waals surface area contributed by atoms with Gasteiger partial charge in [0, 0.05) is 17.9 Å². The minimum absolute atomic E-state index is 0.00373. The molecule has 0 fully saturated rings. The van der Waals surface area contributed by atoms with Crippen molar-refractivity contribution >= 4 is 38.3 Å². The van der Waals surface area contributed by atoms with Crippen LogP contribution in [-0.4, -0.2) is 63.8 Å². The summed E-state index contributed by atoms with van der Waals surface area (Å²) in [7, 11) is -3.57. The average molecular weight is 540 g/mol. The van der Waals surface area contributed by atoms with Gasteiger partial charge in [-0.05, 0) is 37.3 Å². The van der Waals surface area contributed by atoms with Crippen molar-refractivity contribution in [3.05, 3.63) is 53.1 Å². The first-order valence-corrected chi connectivity index (χ1v) is 12.7. The van der Waals surface area contributed by atoms with E-state index >= 15 is 0 Å². The van der Waals surface area contributed by atoms with Crippen molar-refractivity contribution < 1.29 is 32.1 Å². The molecule has 4 N–H and O–H groups in total. The molecule has 14 heteroatoms. The second kappa shape index (κ2) is 9.93. The van der Waals surface area contributed by atoms with Gasteiger partial charge in [-0.3, -0.25) is 5.10 Å². The molecule has 0 aliphatic heterocycles. The lowest BCUT2D eigenvalue weighted by Crippen LogP contribution is -2.35. The predicted octanol–water partition coefficient (Wildman–Crippen LogP) is 3.30. The molecule has 0 amide bonds. The summed E-state index contributed by atoms with van der Waals surface area (Å²) in [5.74, 6) is -2.12. The number of benzene rings is 2. The van der Waals surface area contributed by atoms with Gasteiger partial charge in [0.25, 0.3) is 0 Å². The number of halogens is 3. The number of aliphatic hydroxyl groups is 2. The topological polar surface area (TPSA) is 150 Å². The van der Waals surface area contributed by atoms with Crippen LogP contribution in [0.15, 0.2) is 41.3 Å². The summed E-state index contributed by atoms with van der Waals surface area (Å²) in [6.07, 6.45) is 0.0276. The Kier molecular flexibility index (Phi) is 7.09. The van der Waals surface area contributed by atoms with Crippen molar-refractivity contribution in [1.82, 2.24) is 20.2 Å². The van der Waals surface area contributed by atoms with Crippen LogP contribution in [0, 0.1) is 11.6 Å². The van der Waals surface area contributed by atoms with E-state index in [1.165, 1.54) is 25.1 Å². The van der Waals surface area contributed by atoms with Gasteiger partial charge in [0.1, 0.15) is 11.6 Å². The van der Waals surface area contributed by atoms with Crippen molar-refractivity contribution in [1.29, 1.82) is 0 Å². The fourth-order valence-corrected chi connectivity index (χ4v) is 4.19. The number of nitrogens with zero attached hydrogens (tertiary/aromatic N) is 3. The molecule has 190 valence electrons. The standard InChI is InChI=1S/C22H20ClF2N5O5S/c1-10(32)16(9-31)26-20-18-19(13-8-12(36(2,33)34)4-5-14(13)23)29-30-21(18)28-22(27-20)35-17-6-3-11(24)7-15(17)25/h3-8,10,16,31-32H,9H2,1-2H3,(H2,26,27,28,29,30)/t10-,16-/m0/s1. The number of ether oxygens (including phenoxy) is 1. The highest BCUT2D eigenvalue weighted by Gasteiger charge is 2.24. The molecule has 36 heavy (non-hydrogen) atoms. The summed E-state index contributed by atoms with van der Waals surface area (Å²) in [4.78, 5) is 8.40. The first kappa shape index (κ1) is 25.7. The summed E-state index contributed by atoms with van der Waals surface area (Å²) in [5, 5.41) is 29.9. The molecule has 10 nitrogen and oxygen atoms in total. The van der Waals surface area contributed by atoms with Gasteiger partial charge >= 0.3 is 6.01 Å². The smallest absolute Gasteiger partial charge is 0.326 e. The SMILES string of the molecule is C[C@H](O)[C@H](CO)Nc1nc(Oc2ccc(F)cc2F)nc2n[nH]c(-c3cc(S(C)(=O)=O)ccc3Cl)c12. The summed E-state index contributed by atoms with van der Waals surface area (Å²) in [5.41, 5.74) is 0.525. The molecule has 2 atom stereocenters. The van der Waals surface area contributed by atoms with Crippen LogP contribution >= 0.6 is 11.6 Å². The lowest BCUT2D eigenvalue weighted by Gasteiger charge is -2.20. The van der Waals surface area contributed by atoms with Crippen LogP contribution in [0.25, 0.3) is 22.3 Å².